The molecule has 0 bridgehead atoms. The summed E-state index contributed by atoms with van der Waals surface area (Å²) in [7, 11) is 0. The molecule has 1 aliphatic rings. The molecule has 2 heteroatoms. The van der Waals surface area contributed by atoms with Crippen LogP contribution in [0.2, 0.25) is 0 Å². The Morgan fingerprint density at radius 3 is 2.60 bits per heavy atom. The summed E-state index contributed by atoms with van der Waals surface area (Å²) in [5, 5.41) is 3.49. The van der Waals surface area contributed by atoms with Crippen LogP contribution in [0.25, 0.3) is 0 Å². The van der Waals surface area contributed by atoms with E-state index in [1.807, 2.05) is 0 Å². The van der Waals surface area contributed by atoms with Gasteiger partial charge in [0.15, 0.2) is 0 Å². The summed E-state index contributed by atoms with van der Waals surface area (Å²) >= 11 is 0. The highest BCUT2D eigenvalue weighted by atomic mass is 15.1. The Morgan fingerprint density at radius 1 is 1.20 bits per heavy atom. The minimum absolute atomic E-state index is 0.952. The Balaban J connectivity index is 2.00. The van der Waals surface area contributed by atoms with Gasteiger partial charge in [-0.15, -0.1) is 0 Å². The standard InChI is InChI=1S/C18H30N2/c1-4-10-19-13-17-8-9-18(12-15(17)3)20(11-5-2)14-16-6-7-16/h8-9,12,16,19H,4-7,10-11,13-14H2,1-3H3. The maximum absolute atomic E-state index is 3.49. The number of nitrogens with one attached hydrogen (secondary N) is 1. The van der Waals surface area contributed by atoms with Gasteiger partial charge in [0, 0.05) is 25.3 Å². The van der Waals surface area contributed by atoms with Gasteiger partial charge in [0.2, 0.25) is 0 Å². The number of rotatable bonds is 9. The summed E-state index contributed by atoms with van der Waals surface area (Å²) in [6.45, 7) is 11.3. The molecule has 2 rings (SSSR count). The third kappa shape index (κ3) is 4.52. The van der Waals surface area contributed by atoms with Crippen LogP contribution in [0, 0.1) is 12.8 Å². The SMILES string of the molecule is CCCNCc1ccc(N(CCC)CC2CC2)cc1C. The normalized spacial score (nSPS) is 14.6. The Labute approximate surface area is 124 Å². The van der Waals surface area contributed by atoms with E-state index in [1.165, 1.54) is 55.6 Å². The van der Waals surface area contributed by atoms with E-state index in [-0.39, 0.29) is 0 Å². The Hall–Kier alpha value is -1.02. The number of benzene rings is 1. The van der Waals surface area contributed by atoms with Crippen molar-refractivity contribution in [1.29, 1.82) is 0 Å². The first-order valence-corrected chi connectivity index (χ1v) is 8.29. The molecule has 1 saturated carbocycles. The average Bonchev–Trinajstić information content (AvgIpc) is 3.24. The quantitative estimate of drug-likeness (QED) is 0.681. The van der Waals surface area contributed by atoms with Crippen molar-refractivity contribution in [2.45, 2.75) is 53.0 Å². The fourth-order valence-electron chi connectivity index (χ4n) is 2.68. The third-order valence-corrected chi connectivity index (χ3v) is 4.10. The molecule has 1 fully saturated rings. The zero-order chi connectivity index (χ0) is 14.4. The molecule has 0 amide bonds. The zero-order valence-electron chi connectivity index (χ0n) is 13.4. The molecule has 20 heavy (non-hydrogen) atoms. The molecule has 0 heterocycles. The van der Waals surface area contributed by atoms with Gasteiger partial charge in [-0.3, -0.25) is 0 Å². The van der Waals surface area contributed by atoms with Crippen molar-refractivity contribution in [2.75, 3.05) is 24.5 Å². The first-order valence-electron chi connectivity index (χ1n) is 8.29. The summed E-state index contributed by atoms with van der Waals surface area (Å²) in [5.41, 5.74) is 4.27. The van der Waals surface area contributed by atoms with Crippen LogP contribution in [0.3, 0.4) is 0 Å². The molecule has 1 aromatic rings. The van der Waals surface area contributed by atoms with E-state index in [1.54, 1.807) is 0 Å². The number of anilines is 1. The van der Waals surface area contributed by atoms with Crippen molar-refractivity contribution < 1.29 is 0 Å². The number of hydrogen-bond acceptors (Lipinski definition) is 2. The van der Waals surface area contributed by atoms with Crippen LogP contribution in [-0.2, 0) is 6.54 Å². The van der Waals surface area contributed by atoms with E-state index >= 15 is 0 Å². The number of nitrogens with zero attached hydrogens (tertiary/aromatic N) is 1. The maximum Gasteiger partial charge on any atom is 0.0369 e. The van der Waals surface area contributed by atoms with Crippen molar-refractivity contribution in [3.8, 4) is 0 Å². The fraction of sp³-hybridized carbons (Fsp3) is 0.667. The molecule has 0 aliphatic heterocycles. The highest BCUT2D eigenvalue weighted by Gasteiger charge is 2.24. The first-order chi connectivity index (χ1) is 9.74. The highest BCUT2D eigenvalue weighted by Crippen LogP contribution is 2.32. The second-order valence-electron chi connectivity index (χ2n) is 6.18. The van der Waals surface area contributed by atoms with Gasteiger partial charge in [0.05, 0.1) is 0 Å². The molecule has 2 nitrogen and oxygen atoms in total. The summed E-state index contributed by atoms with van der Waals surface area (Å²) in [4.78, 5) is 2.58. The maximum atomic E-state index is 3.49. The third-order valence-electron chi connectivity index (χ3n) is 4.10. The predicted molar refractivity (Wildman–Crippen MR) is 88.4 cm³/mol. The molecule has 0 atom stereocenters. The van der Waals surface area contributed by atoms with Gasteiger partial charge in [0.25, 0.3) is 0 Å². The van der Waals surface area contributed by atoms with Crippen LogP contribution >= 0.6 is 0 Å². The van der Waals surface area contributed by atoms with Gasteiger partial charge < -0.3 is 10.2 Å². The van der Waals surface area contributed by atoms with Crippen LogP contribution in [0.15, 0.2) is 18.2 Å². The van der Waals surface area contributed by atoms with Crippen molar-refractivity contribution in [2.24, 2.45) is 5.92 Å². The van der Waals surface area contributed by atoms with Gasteiger partial charge in [-0.25, -0.2) is 0 Å². The lowest BCUT2D eigenvalue weighted by molar-refractivity contribution is 0.672. The smallest absolute Gasteiger partial charge is 0.0369 e. The van der Waals surface area contributed by atoms with Crippen molar-refractivity contribution in [3.63, 3.8) is 0 Å². The number of hydrogen-bond donors (Lipinski definition) is 1. The Bertz CT molecular complexity index is 410. The van der Waals surface area contributed by atoms with Gasteiger partial charge in [-0.2, -0.15) is 0 Å². The molecular weight excluding hydrogens is 244 g/mol. The van der Waals surface area contributed by atoms with Crippen LogP contribution in [0.4, 0.5) is 5.69 Å². The minimum Gasteiger partial charge on any atom is -0.371 e. The first kappa shape index (κ1) is 15.4. The van der Waals surface area contributed by atoms with Crippen molar-refractivity contribution in [3.05, 3.63) is 29.3 Å². The second kappa shape index (κ2) is 7.68. The summed E-state index contributed by atoms with van der Waals surface area (Å²) in [5.74, 6) is 0.952. The van der Waals surface area contributed by atoms with Crippen LogP contribution in [-0.4, -0.2) is 19.6 Å². The van der Waals surface area contributed by atoms with Gasteiger partial charge in [0.1, 0.15) is 0 Å². The molecule has 0 radical (unpaired) electrons. The van der Waals surface area contributed by atoms with E-state index in [9.17, 15) is 0 Å². The lowest BCUT2D eigenvalue weighted by atomic mass is 10.1. The highest BCUT2D eigenvalue weighted by molar-refractivity contribution is 5.51. The summed E-state index contributed by atoms with van der Waals surface area (Å²) < 4.78 is 0. The molecule has 0 aromatic heterocycles. The molecule has 1 N–H and O–H groups in total. The molecule has 0 spiro atoms. The largest absolute Gasteiger partial charge is 0.371 e. The van der Waals surface area contributed by atoms with E-state index in [2.05, 4.69) is 49.2 Å². The van der Waals surface area contributed by atoms with Gasteiger partial charge >= 0.3 is 0 Å². The summed E-state index contributed by atoms with van der Waals surface area (Å²) in [6, 6.07) is 7.00. The molecule has 1 aromatic carbocycles. The average molecular weight is 274 g/mol. The van der Waals surface area contributed by atoms with Crippen LogP contribution in [0.1, 0.15) is 50.7 Å². The molecule has 1 aliphatic carbocycles. The molecule has 0 saturated heterocycles. The lowest BCUT2D eigenvalue weighted by Gasteiger charge is -2.25. The molecular formula is C18H30N2. The van der Waals surface area contributed by atoms with E-state index < -0.39 is 0 Å². The number of aryl methyl sites for hydroxylation is 1. The molecule has 0 unspecified atom stereocenters. The second-order valence-corrected chi connectivity index (χ2v) is 6.18. The van der Waals surface area contributed by atoms with Crippen LogP contribution in [0.5, 0.6) is 0 Å². The lowest BCUT2D eigenvalue weighted by Crippen LogP contribution is -2.26. The topological polar surface area (TPSA) is 15.3 Å². The predicted octanol–water partition coefficient (Wildman–Crippen LogP) is 4.12. The summed E-state index contributed by atoms with van der Waals surface area (Å²) in [6.07, 6.45) is 5.28. The van der Waals surface area contributed by atoms with E-state index in [0.29, 0.717) is 0 Å². The molecule has 112 valence electrons. The van der Waals surface area contributed by atoms with Crippen LogP contribution < -0.4 is 10.2 Å². The van der Waals surface area contributed by atoms with Gasteiger partial charge in [-0.05, 0) is 68.3 Å². The van der Waals surface area contributed by atoms with Gasteiger partial charge in [-0.1, -0.05) is 19.9 Å². The zero-order valence-corrected chi connectivity index (χ0v) is 13.4. The monoisotopic (exact) mass is 274 g/mol. The van der Waals surface area contributed by atoms with E-state index in [4.69, 9.17) is 0 Å². The van der Waals surface area contributed by atoms with Crippen molar-refractivity contribution in [1.82, 2.24) is 5.32 Å². The Morgan fingerprint density at radius 2 is 2.00 bits per heavy atom. The Kier molecular flexibility index (Phi) is 5.90. The fourth-order valence-corrected chi connectivity index (χ4v) is 2.68. The minimum atomic E-state index is 0.952. The van der Waals surface area contributed by atoms with Crippen molar-refractivity contribution >= 4 is 5.69 Å². The van der Waals surface area contributed by atoms with E-state index in [0.717, 1.165) is 19.0 Å².